The van der Waals surface area contributed by atoms with Gasteiger partial charge in [-0.1, -0.05) is 212 Å². The third-order valence-corrected chi connectivity index (χ3v) is 12.3. The third-order valence-electron chi connectivity index (χ3n) is 12.3. The van der Waals surface area contributed by atoms with E-state index in [4.69, 9.17) is 0 Å². The van der Waals surface area contributed by atoms with E-state index in [1.54, 1.807) is 0 Å². The molecular weight excluding hydrogens is 723 g/mol. The number of para-hydroxylation sites is 1. The Morgan fingerprint density at radius 1 is 0.283 bits per heavy atom. The minimum atomic E-state index is -0.573. The van der Waals surface area contributed by atoms with Crippen LogP contribution in [0.5, 0.6) is 0 Å². The monoisotopic (exact) mass is 763 g/mol. The topological polar surface area (TPSA) is 3.24 Å². The molecule has 0 spiro atoms. The Hall–Kier alpha value is -7.74. The molecule has 1 aliphatic rings. The van der Waals surface area contributed by atoms with Gasteiger partial charge in [0.05, 0.1) is 11.1 Å². The van der Waals surface area contributed by atoms with Crippen molar-refractivity contribution < 1.29 is 0 Å². The predicted octanol–water partition coefficient (Wildman–Crippen LogP) is 15.7. The van der Waals surface area contributed by atoms with Crippen molar-refractivity contribution in [3.8, 4) is 44.5 Å². The van der Waals surface area contributed by atoms with E-state index >= 15 is 0 Å². The second kappa shape index (κ2) is 14.9. The molecule has 0 bridgehead atoms. The van der Waals surface area contributed by atoms with Gasteiger partial charge in [-0.25, -0.2) is 0 Å². The molecule has 0 saturated heterocycles. The van der Waals surface area contributed by atoms with Crippen molar-refractivity contribution in [1.82, 2.24) is 0 Å². The van der Waals surface area contributed by atoms with Crippen LogP contribution < -0.4 is 4.90 Å². The van der Waals surface area contributed by atoms with E-state index < -0.39 is 5.41 Å². The number of fused-ring (bicyclic) bond motifs is 4. The first-order valence-electron chi connectivity index (χ1n) is 20.8. The minimum Gasteiger partial charge on any atom is -0.310 e. The highest BCUT2D eigenvalue weighted by Crippen LogP contribution is 2.57. The second-order valence-electron chi connectivity index (χ2n) is 15.6. The predicted molar refractivity (Wildman–Crippen MR) is 252 cm³/mol. The van der Waals surface area contributed by atoms with Crippen molar-refractivity contribution in [2.24, 2.45) is 0 Å². The van der Waals surface area contributed by atoms with Crippen LogP contribution in [0.15, 0.2) is 249 Å². The normalized spacial score (nSPS) is 12.5. The number of benzene rings is 10. The third kappa shape index (κ3) is 5.86. The number of hydrogen-bond acceptors (Lipinski definition) is 1. The Labute approximate surface area is 352 Å². The fourth-order valence-electron chi connectivity index (χ4n) is 9.69. The van der Waals surface area contributed by atoms with Gasteiger partial charge in [0.25, 0.3) is 0 Å². The summed E-state index contributed by atoms with van der Waals surface area (Å²) >= 11 is 0. The molecule has 282 valence electrons. The highest BCUT2D eigenvalue weighted by Gasteiger charge is 2.46. The van der Waals surface area contributed by atoms with Gasteiger partial charge in [0.1, 0.15) is 0 Å². The Balaban J connectivity index is 1.20. The summed E-state index contributed by atoms with van der Waals surface area (Å²) in [4.78, 5) is 2.47. The fourth-order valence-corrected chi connectivity index (χ4v) is 9.69. The van der Waals surface area contributed by atoms with Gasteiger partial charge in [-0.3, -0.25) is 0 Å². The lowest BCUT2D eigenvalue weighted by atomic mass is 9.67. The smallest absolute Gasteiger partial charge is 0.0714 e. The number of nitrogens with zero attached hydrogens (tertiary/aromatic N) is 1. The average Bonchev–Trinajstić information content (AvgIpc) is 3.64. The molecule has 0 atom stereocenters. The van der Waals surface area contributed by atoms with Gasteiger partial charge in [0, 0.05) is 16.9 Å². The molecule has 0 aromatic heterocycles. The van der Waals surface area contributed by atoms with Crippen LogP contribution >= 0.6 is 0 Å². The Bertz CT molecular complexity index is 3080. The van der Waals surface area contributed by atoms with Crippen LogP contribution in [0.4, 0.5) is 17.1 Å². The Morgan fingerprint density at radius 2 is 0.800 bits per heavy atom. The van der Waals surface area contributed by atoms with Crippen molar-refractivity contribution in [2.45, 2.75) is 5.41 Å². The molecule has 0 N–H and O–H groups in total. The number of hydrogen-bond donors (Lipinski definition) is 0. The molecule has 0 fully saturated rings. The first kappa shape index (κ1) is 35.4. The summed E-state index contributed by atoms with van der Waals surface area (Å²) in [6.45, 7) is 0. The standard InChI is InChI=1S/C59H41N/c1-4-19-42(20-5-1)46-39-48(59(47-25-8-3-9-26-47)56-32-15-12-29-54(56)55-30-13-16-33-57(55)59)41-50(40-46)60(58-34-17-14-28-53(58)44-21-6-2-7-22-44)49-37-35-45(36-38-49)52-31-18-24-43-23-10-11-27-51(43)52/h1-41H. The summed E-state index contributed by atoms with van der Waals surface area (Å²) in [5.41, 5.74) is 17.4. The molecule has 1 nitrogen and oxygen atoms in total. The van der Waals surface area contributed by atoms with E-state index in [9.17, 15) is 0 Å². The van der Waals surface area contributed by atoms with Gasteiger partial charge >= 0.3 is 0 Å². The van der Waals surface area contributed by atoms with Crippen molar-refractivity contribution in [1.29, 1.82) is 0 Å². The highest BCUT2D eigenvalue weighted by molar-refractivity contribution is 5.97. The van der Waals surface area contributed by atoms with E-state index in [-0.39, 0.29) is 0 Å². The van der Waals surface area contributed by atoms with Gasteiger partial charge < -0.3 is 4.90 Å². The molecule has 60 heavy (non-hydrogen) atoms. The number of anilines is 3. The van der Waals surface area contributed by atoms with E-state index in [1.807, 2.05) is 0 Å². The average molecular weight is 764 g/mol. The van der Waals surface area contributed by atoms with Gasteiger partial charge in [-0.2, -0.15) is 0 Å². The zero-order valence-corrected chi connectivity index (χ0v) is 33.1. The molecule has 0 unspecified atom stereocenters. The fraction of sp³-hybridized carbons (Fsp3) is 0.0169. The molecule has 0 heterocycles. The van der Waals surface area contributed by atoms with Gasteiger partial charge in [-0.15, -0.1) is 0 Å². The summed E-state index contributed by atoms with van der Waals surface area (Å²) in [5, 5.41) is 2.49. The molecular formula is C59H41N. The first-order chi connectivity index (χ1) is 29.8. The summed E-state index contributed by atoms with van der Waals surface area (Å²) < 4.78 is 0. The molecule has 10 aromatic carbocycles. The van der Waals surface area contributed by atoms with E-state index in [0.29, 0.717) is 0 Å². The summed E-state index contributed by atoms with van der Waals surface area (Å²) in [6.07, 6.45) is 0. The number of rotatable bonds is 8. The van der Waals surface area contributed by atoms with Crippen LogP contribution in [0.2, 0.25) is 0 Å². The van der Waals surface area contributed by atoms with E-state index in [0.717, 1.165) is 28.2 Å². The summed E-state index contributed by atoms with van der Waals surface area (Å²) in [7, 11) is 0. The van der Waals surface area contributed by atoms with Gasteiger partial charge in [0.2, 0.25) is 0 Å². The molecule has 11 rings (SSSR count). The van der Waals surface area contributed by atoms with Crippen LogP contribution in [-0.4, -0.2) is 0 Å². The quantitative estimate of drug-likeness (QED) is 0.149. The maximum absolute atomic E-state index is 2.47. The van der Waals surface area contributed by atoms with Gasteiger partial charge in [-0.05, 0) is 108 Å². The molecule has 10 aromatic rings. The zero-order chi connectivity index (χ0) is 39.9. The van der Waals surface area contributed by atoms with E-state index in [2.05, 4.69) is 254 Å². The lowest BCUT2D eigenvalue weighted by molar-refractivity contribution is 0.769. The molecule has 1 heteroatoms. The van der Waals surface area contributed by atoms with Crippen LogP contribution in [0.25, 0.3) is 55.3 Å². The zero-order valence-electron chi connectivity index (χ0n) is 33.1. The van der Waals surface area contributed by atoms with Gasteiger partial charge in [0.15, 0.2) is 0 Å². The summed E-state index contributed by atoms with van der Waals surface area (Å²) in [5.74, 6) is 0. The van der Waals surface area contributed by atoms with Crippen molar-refractivity contribution in [3.05, 3.63) is 271 Å². The Morgan fingerprint density at radius 3 is 1.50 bits per heavy atom. The molecule has 0 amide bonds. The van der Waals surface area contributed by atoms with Crippen LogP contribution in [0.1, 0.15) is 22.3 Å². The SMILES string of the molecule is c1ccc(-c2cc(N(c3ccc(-c4cccc5ccccc45)cc3)c3ccccc3-c3ccccc3)cc(C3(c4ccccc4)c4ccccc4-c4ccccc43)c2)cc1. The lowest BCUT2D eigenvalue weighted by Gasteiger charge is -2.36. The largest absolute Gasteiger partial charge is 0.310 e. The van der Waals surface area contributed by atoms with E-state index in [1.165, 1.54) is 66.4 Å². The highest BCUT2D eigenvalue weighted by atomic mass is 15.1. The maximum atomic E-state index is 2.47. The second-order valence-corrected chi connectivity index (χ2v) is 15.6. The minimum absolute atomic E-state index is 0.573. The van der Waals surface area contributed by atoms with Crippen molar-refractivity contribution in [3.63, 3.8) is 0 Å². The lowest BCUT2D eigenvalue weighted by Crippen LogP contribution is -2.29. The Kier molecular flexibility index (Phi) is 8.79. The van der Waals surface area contributed by atoms with Crippen molar-refractivity contribution >= 4 is 27.8 Å². The molecule has 0 aliphatic heterocycles. The maximum Gasteiger partial charge on any atom is 0.0714 e. The van der Waals surface area contributed by atoms with Crippen LogP contribution in [-0.2, 0) is 5.41 Å². The molecule has 0 radical (unpaired) electrons. The summed E-state index contributed by atoms with van der Waals surface area (Å²) in [6, 6.07) is 91.2. The molecule has 1 aliphatic carbocycles. The van der Waals surface area contributed by atoms with Crippen LogP contribution in [0, 0.1) is 0 Å². The van der Waals surface area contributed by atoms with Crippen molar-refractivity contribution in [2.75, 3.05) is 4.90 Å². The van der Waals surface area contributed by atoms with Crippen LogP contribution in [0.3, 0.4) is 0 Å². The first-order valence-corrected chi connectivity index (χ1v) is 20.8. The molecule has 0 saturated carbocycles.